The van der Waals surface area contributed by atoms with E-state index in [1.807, 2.05) is 44.2 Å². The van der Waals surface area contributed by atoms with Crippen LogP contribution in [0.15, 0.2) is 47.5 Å². The molecule has 0 amide bonds. The minimum atomic E-state index is -0.369. The van der Waals surface area contributed by atoms with Gasteiger partial charge in [0.05, 0.1) is 24.7 Å². The van der Waals surface area contributed by atoms with Crippen molar-refractivity contribution in [1.82, 2.24) is 10.6 Å². The van der Waals surface area contributed by atoms with Crippen LogP contribution in [0.2, 0.25) is 0 Å². The average Bonchev–Trinajstić information content (AvgIpc) is 2.65. The predicted octanol–water partition coefficient (Wildman–Crippen LogP) is 3.14. The zero-order chi connectivity index (χ0) is 18.8. The molecule has 0 aliphatic rings. The van der Waals surface area contributed by atoms with Crippen LogP contribution in [0.3, 0.4) is 0 Å². The van der Waals surface area contributed by atoms with Crippen LogP contribution in [0, 0.1) is 24.1 Å². The van der Waals surface area contributed by atoms with Crippen LogP contribution in [0.4, 0.5) is 4.39 Å². The Morgan fingerprint density at radius 1 is 1.19 bits per heavy atom. The Kier molecular flexibility index (Phi) is 7.44. The van der Waals surface area contributed by atoms with Gasteiger partial charge in [-0.25, -0.2) is 9.38 Å². The van der Waals surface area contributed by atoms with E-state index in [1.54, 1.807) is 0 Å². The second-order valence-corrected chi connectivity index (χ2v) is 5.70. The maximum absolute atomic E-state index is 13.8. The molecule has 0 atom stereocenters. The first-order valence-electron chi connectivity index (χ1n) is 8.52. The molecule has 0 aliphatic heterocycles. The number of nitrogens with zero attached hydrogens (tertiary/aromatic N) is 2. The molecule has 0 bridgehead atoms. The summed E-state index contributed by atoms with van der Waals surface area (Å²) in [7, 11) is 0. The lowest BCUT2D eigenvalue weighted by Crippen LogP contribution is -2.39. The summed E-state index contributed by atoms with van der Waals surface area (Å²) in [6.07, 6.45) is 0. The number of aliphatic imine (C=N–C) groups is 1. The molecule has 26 heavy (non-hydrogen) atoms. The highest BCUT2D eigenvalue weighted by Gasteiger charge is 2.04. The van der Waals surface area contributed by atoms with E-state index < -0.39 is 0 Å². The van der Waals surface area contributed by atoms with Crippen molar-refractivity contribution in [2.45, 2.75) is 20.4 Å². The Bertz CT molecular complexity index is 781. The van der Waals surface area contributed by atoms with Crippen LogP contribution in [-0.2, 0) is 6.54 Å². The van der Waals surface area contributed by atoms with E-state index in [4.69, 9.17) is 10.00 Å². The number of hydrogen-bond donors (Lipinski definition) is 2. The van der Waals surface area contributed by atoms with E-state index >= 15 is 0 Å². The first-order valence-corrected chi connectivity index (χ1v) is 8.52. The molecule has 0 spiro atoms. The number of nitrogens with one attached hydrogen (secondary N) is 2. The lowest BCUT2D eigenvalue weighted by molar-refractivity contribution is 0.322. The van der Waals surface area contributed by atoms with Crippen LogP contribution < -0.4 is 15.4 Å². The van der Waals surface area contributed by atoms with Crippen LogP contribution in [-0.4, -0.2) is 25.7 Å². The van der Waals surface area contributed by atoms with Gasteiger partial charge in [0.2, 0.25) is 0 Å². The van der Waals surface area contributed by atoms with Gasteiger partial charge in [-0.15, -0.1) is 0 Å². The maximum Gasteiger partial charge on any atom is 0.191 e. The van der Waals surface area contributed by atoms with Crippen molar-refractivity contribution in [3.8, 4) is 11.8 Å². The highest BCUT2D eigenvalue weighted by Crippen LogP contribution is 2.12. The molecule has 5 nitrogen and oxygen atoms in total. The van der Waals surface area contributed by atoms with Crippen LogP contribution in [0.25, 0.3) is 0 Å². The van der Waals surface area contributed by atoms with Crippen LogP contribution >= 0.6 is 0 Å². The molecule has 136 valence electrons. The van der Waals surface area contributed by atoms with Gasteiger partial charge in [0.1, 0.15) is 18.2 Å². The molecule has 2 rings (SSSR count). The summed E-state index contributed by atoms with van der Waals surface area (Å²) in [6, 6.07) is 14.1. The molecule has 0 aromatic heterocycles. The van der Waals surface area contributed by atoms with Gasteiger partial charge >= 0.3 is 0 Å². The third-order valence-electron chi connectivity index (χ3n) is 3.61. The van der Waals surface area contributed by atoms with Gasteiger partial charge in [0.25, 0.3) is 0 Å². The minimum absolute atomic E-state index is 0.148. The normalized spacial score (nSPS) is 10.9. The maximum atomic E-state index is 13.8. The molecule has 6 heteroatoms. The number of aryl methyl sites for hydroxylation is 1. The Labute approximate surface area is 153 Å². The Hall–Kier alpha value is -3.07. The van der Waals surface area contributed by atoms with Crippen LogP contribution in [0.5, 0.6) is 5.75 Å². The van der Waals surface area contributed by atoms with Crippen molar-refractivity contribution in [2.24, 2.45) is 4.99 Å². The molecule has 0 unspecified atom stereocenters. The largest absolute Gasteiger partial charge is 0.492 e. The zero-order valence-corrected chi connectivity index (χ0v) is 15.1. The molecule has 2 N–H and O–H groups in total. The number of hydrogen-bond acceptors (Lipinski definition) is 3. The Balaban J connectivity index is 1.88. The molecule has 0 heterocycles. The highest BCUT2D eigenvalue weighted by atomic mass is 19.1. The first-order chi connectivity index (χ1) is 12.6. The third kappa shape index (κ3) is 6.10. The van der Waals surface area contributed by atoms with E-state index in [-0.39, 0.29) is 12.4 Å². The fourth-order valence-electron chi connectivity index (χ4n) is 2.24. The minimum Gasteiger partial charge on any atom is -0.492 e. The van der Waals surface area contributed by atoms with Crippen molar-refractivity contribution >= 4 is 5.96 Å². The molecule has 0 radical (unpaired) electrons. The molecule has 0 aliphatic carbocycles. The molecule has 0 fully saturated rings. The summed E-state index contributed by atoms with van der Waals surface area (Å²) < 4.78 is 19.5. The summed E-state index contributed by atoms with van der Waals surface area (Å²) in [5.41, 5.74) is 1.99. The quantitative estimate of drug-likeness (QED) is 0.455. The number of rotatable bonds is 7. The number of nitriles is 1. The van der Waals surface area contributed by atoms with Gasteiger partial charge in [0.15, 0.2) is 5.96 Å². The van der Waals surface area contributed by atoms with Crippen molar-refractivity contribution in [3.05, 3.63) is 65.0 Å². The smallest absolute Gasteiger partial charge is 0.191 e. The monoisotopic (exact) mass is 354 g/mol. The second kappa shape index (κ2) is 10.0. The summed E-state index contributed by atoms with van der Waals surface area (Å²) in [5, 5.41) is 15.2. The number of guanidine groups is 1. The first kappa shape index (κ1) is 19.3. The van der Waals surface area contributed by atoms with E-state index in [0.29, 0.717) is 36.8 Å². The van der Waals surface area contributed by atoms with E-state index in [9.17, 15) is 4.39 Å². The summed E-state index contributed by atoms with van der Waals surface area (Å²) >= 11 is 0. The van der Waals surface area contributed by atoms with Gasteiger partial charge in [-0.1, -0.05) is 17.7 Å². The van der Waals surface area contributed by atoms with Crippen molar-refractivity contribution in [2.75, 3.05) is 19.7 Å². The number of benzene rings is 2. The van der Waals surface area contributed by atoms with E-state index in [0.717, 1.165) is 5.75 Å². The fourth-order valence-corrected chi connectivity index (χ4v) is 2.24. The SMILES string of the molecule is CCNC(=NCc1cc(C#N)ccc1F)NCCOc1ccc(C)cc1. The van der Waals surface area contributed by atoms with Gasteiger partial charge in [0, 0.05) is 12.1 Å². The molecule has 0 saturated heterocycles. The average molecular weight is 354 g/mol. The predicted molar refractivity (Wildman–Crippen MR) is 101 cm³/mol. The molecule has 0 saturated carbocycles. The standard InChI is InChI=1S/C20H23FN4O/c1-3-23-20(24-10-11-26-18-7-4-15(2)5-8-18)25-14-17-12-16(13-22)6-9-19(17)21/h4-9,12H,3,10-11,14H2,1-2H3,(H2,23,24,25). The fraction of sp³-hybridized carbons (Fsp3) is 0.300. The Morgan fingerprint density at radius 2 is 1.96 bits per heavy atom. The molecular weight excluding hydrogens is 331 g/mol. The highest BCUT2D eigenvalue weighted by molar-refractivity contribution is 5.79. The van der Waals surface area contributed by atoms with Gasteiger partial charge in [-0.2, -0.15) is 5.26 Å². The topological polar surface area (TPSA) is 69.4 Å². The van der Waals surface area contributed by atoms with Crippen LogP contribution in [0.1, 0.15) is 23.6 Å². The third-order valence-corrected chi connectivity index (χ3v) is 3.61. The van der Waals surface area contributed by atoms with Crippen molar-refractivity contribution < 1.29 is 9.13 Å². The number of ether oxygens (including phenoxy) is 1. The van der Waals surface area contributed by atoms with E-state index in [2.05, 4.69) is 15.6 Å². The molecular formula is C20H23FN4O. The zero-order valence-electron chi connectivity index (χ0n) is 15.1. The molecule has 2 aromatic carbocycles. The lowest BCUT2D eigenvalue weighted by Gasteiger charge is -2.12. The number of halogens is 1. The summed E-state index contributed by atoms with van der Waals surface area (Å²) in [5.74, 6) is 1.02. The molecule has 2 aromatic rings. The summed E-state index contributed by atoms with van der Waals surface area (Å²) in [4.78, 5) is 4.37. The van der Waals surface area contributed by atoms with Gasteiger partial charge in [-0.3, -0.25) is 0 Å². The van der Waals surface area contributed by atoms with Gasteiger partial charge < -0.3 is 15.4 Å². The van der Waals surface area contributed by atoms with Gasteiger partial charge in [-0.05, 0) is 44.2 Å². The lowest BCUT2D eigenvalue weighted by atomic mass is 10.1. The summed E-state index contributed by atoms with van der Waals surface area (Å²) in [6.45, 7) is 5.85. The Morgan fingerprint density at radius 3 is 2.65 bits per heavy atom. The van der Waals surface area contributed by atoms with Crippen molar-refractivity contribution in [1.29, 1.82) is 5.26 Å². The second-order valence-electron chi connectivity index (χ2n) is 5.70. The van der Waals surface area contributed by atoms with E-state index in [1.165, 1.54) is 23.8 Å². The van der Waals surface area contributed by atoms with Crippen molar-refractivity contribution in [3.63, 3.8) is 0 Å².